The fourth-order valence-corrected chi connectivity index (χ4v) is 5.16. The molecule has 2 aliphatic rings. The molecule has 2 aromatic rings. The maximum atomic E-state index is 13.4. The van der Waals surface area contributed by atoms with E-state index in [1.165, 1.54) is 4.90 Å². The number of nitrogens with one attached hydrogen (secondary N) is 1. The van der Waals surface area contributed by atoms with E-state index in [4.69, 9.17) is 5.84 Å². The zero-order valence-electron chi connectivity index (χ0n) is 22.7. The lowest BCUT2D eigenvalue weighted by molar-refractivity contribution is -0.127. The summed E-state index contributed by atoms with van der Waals surface area (Å²) in [7, 11) is 0. The summed E-state index contributed by atoms with van der Waals surface area (Å²) < 4.78 is 0. The molecule has 0 bridgehead atoms. The molecule has 3 unspecified atom stereocenters. The van der Waals surface area contributed by atoms with Crippen LogP contribution in [-0.2, 0) is 4.79 Å². The third-order valence-corrected chi connectivity index (χ3v) is 7.16. The van der Waals surface area contributed by atoms with Crippen molar-refractivity contribution in [3.05, 3.63) is 69.0 Å². The Hall–Kier alpha value is -4.48. The fraction of sp³-hybridized carbons (Fsp3) is 0.429. The van der Waals surface area contributed by atoms with Crippen molar-refractivity contribution < 1.29 is 9.59 Å². The fourth-order valence-electron chi connectivity index (χ4n) is 5.16. The summed E-state index contributed by atoms with van der Waals surface area (Å²) in [5.74, 6) is 5.08. The average molecular weight is 547 g/mol. The number of nitroso groups, excluding NO2 is 2. The molecule has 2 heterocycles. The Morgan fingerprint density at radius 3 is 2.17 bits per heavy atom. The van der Waals surface area contributed by atoms with Gasteiger partial charge in [-0.05, 0) is 53.8 Å². The second kappa shape index (κ2) is 13.0. The first-order valence-corrected chi connectivity index (χ1v) is 13.5. The van der Waals surface area contributed by atoms with Crippen molar-refractivity contribution >= 4 is 23.6 Å². The molecule has 210 valence electrons. The van der Waals surface area contributed by atoms with Gasteiger partial charge in [0.25, 0.3) is 5.91 Å². The van der Waals surface area contributed by atoms with Crippen molar-refractivity contribution in [1.29, 1.82) is 0 Å². The van der Waals surface area contributed by atoms with Gasteiger partial charge < -0.3 is 21.0 Å². The highest BCUT2D eigenvalue weighted by Crippen LogP contribution is 2.32. The van der Waals surface area contributed by atoms with E-state index in [9.17, 15) is 19.4 Å². The maximum Gasteiger partial charge on any atom is 0.254 e. The molecule has 2 aromatic carbocycles. The molecule has 3 atom stereocenters. The van der Waals surface area contributed by atoms with Crippen LogP contribution in [0.1, 0.15) is 49.0 Å². The lowest BCUT2D eigenvalue weighted by Crippen LogP contribution is -2.34. The van der Waals surface area contributed by atoms with Crippen LogP contribution in [0.5, 0.6) is 0 Å². The number of hydrogen-bond acceptors (Lipinski definition) is 9. The third-order valence-electron chi connectivity index (χ3n) is 7.16. The van der Waals surface area contributed by atoms with Crippen molar-refractivity contribution in [2.24, 2.45) is 26.5 Å². The highest BCUT2D eigenvalue weighted by molar-refractivity contribution is 5.99. The van der Waals surface area contributed by atoms with Gasteiger partial charge in [0.15, 0.2) is 0 Å². The van der Waals surface area contributed by atoms with E-state index >= 15 is 0 Å². The Morgan fingerprint density at radius 2 is 1.60 bits per heavy atom. The first-order chi connectivity index (χ1) is 19.4. The summed E-state index contributed by atoms with van der Waals surface area (Å²) in [6.45, 7) is 5.63. The van der Waals surface area contributed by atoms with Gasteiger partial charge in [0, 0.05) is 49.4 Å². The largest absolute Gasteiger partial charge is 0.361 e. The molecule has 0 aliphatic carbocycles. The zero-order chi connectivity index (χ0) is 28.6. The van der Waals surface area contributed by atoms with Crippen molar-refractivity contribution in [3.63, 3.8) is 0 Å². The second-order valence-electron chi connectivity index (χ2n) is 9.99. The lowest BCUT2D eigenvalue weighted by Gasteiger charge is -2.23. The summed E-state index contributed by atoms with van der Waals surface area (Å²) in [5.41, 5.74) is 4.49. The van der Waals surface area contributed by atoms with Crippen LogP contribution < -0.4 is 11.2 Å². The van der Waals surface area contributed by atoms with E-state index < -0.39 is 18.2 Å². The molecule has 2 amide bonds. The minimum atomic E-state index is -0.818. The van der Waals surface area contributed by atoms with Crippen LogP contribution in [0.15, 0.2) is 68.7 Å². The van der Waals surface area contributed by atoms with Crippen LogP contribution in [0, 0.1) is 9.81 Å². The van der Waals surface area contributed by atoms with Gasteiger partial charge in [0.05, 0.1) is 0 Å². The van der Waals surface area contributed by atoms with Gasteiger partial charge in [-0.2, -0.15) is 9.81 Å². The molecule has 12 heteroatoms. The predicted octanol–water partition coefficient (Wildman–Crippen LogP) is 4.58. The summed E-state index contributed by atoms with van der Waals surface area (Å²) >= 11 is 0. The Balaban J connectivity index is 1.58. The summed E-state index contributed by atoms with van der Waals surface area (Å²) in [5, 5.41) is 16.8. The number of benzene rings is 2. The van der Waals surface area contributed by atoms with Gasteiger partial charge in [0.2, 0.25) is 5.91 Å². The SMILES string of the molecule is CCCN(CCC)C(=O)C1=Cc2ccc(-c3ccc(C(=O)N4CC(N=O)C(N=O)C4)cc3)cc2NC(N=NN)C1. The van der Waals surface area contributed by atoms with Gasteiger partial charge >= 0.3 is 0 Å². The standard InChI is InChI=1S/C28H34N8O4/c1-3-11-35(12-4-2)28(38)22-13-21-10-9-20(14-23(21)30-26(15-22)31-34-29)18-5-7-19(8-6-18)27(37)36-16-24(32-39)25(17-36)33-40/h5-10,13-14,24-26,30H,3-4,11-12,15-17H2,1-2H3,(H2,29,31). The summed E-state index contributed by atoms with van der Waals surface area (Å²) in [6, 6.07) is 11.3. The van der Waals surface area contributed by atoms with Crippen molar-refractivity contribution in [3.8, 4) is 11.1 Å². The molecule has 1 fully saturated rings. The molecule has 4 rings (SSSR count). The zero-order valence-corrected chi connectivity index (χ0v) is 22.7. The topological polar surface area (TPSA) is 162 Å². The van der Waals surface area contributed by atoms with Crippen LogP contribution in [0.2, 0.25) is 0 Å². The summed E-state index contributed by atoms with van der Waals surface area (Å²) in [4.78, 5) is 51.5. The first-order valence-electron chi connectivity index (χ1n) is 13.5. The monoisotopic (exact) mass is 546 g/mol. The molecule has 3 N–H and O–H groups in total. The number of rotatable bonds is 10. The number of nitrogens with two attached hydrogens (primary N) is 1. The van der Waals surface area contributed by atoms with Crippen LogP contribution >= 0.6 is 0 Å². The molecule has 12 nitrogen and oxygen atoms in total. The van der Waals surface area contributed by atoms with E-state index in [0.717, 1.165) is 35.2 Å². The van der Waals surface area contributed by atoms with Crippen LogP contribution in [0.25, 0.3) is 17.2 Å². The number of anilines is 1. The van der Waals surface area contributed by atoms with E-state index in [0.29, 0.717) is 30.6 Å². The molecular formula is C28H34N8O4. The van der Waals surface area contributed by atoms with Gasteiger partial charge in [-0.15, -0.1) is 5.11 Å². The van der Waals surface area contributed by atoms with E-state index in [1.54, 1.807) is 12.1 Å². The maximum absolute atomic E-state index is 13.4. The highest BCUT2D eigenvalue weighted by Gasteiger charge is 2.37. The van der Waals surface area contributed by atoms with Crippen LogP contribution in [0.3, 0.4) is 0 Å². The van der Waals surface area contributed by atoms with Crippen molar-refractivity contribution in [2.75, 3.05) is 31.5 Å². The first kappa shape index (κ1) is 28.5. The Morgan fingerprint density at radius 1 is 0.975 bits per heavy atom. The van der Waals surface area contributed by atoms with Crippen molar-refractivity contribution in [1.82, 2.24) is 9.80 Å². The van der Waals surface area contributed by atoms with Gasteiger partial charge in [-0.1, -0.05) is 53.7 Å². The van der Waals surface area contributed by atoms with E-state index in [-0.39, 0.29) is 24.9 Å². The van der Waals surface area contributed by atoms with E-state index in [2.05, 4.69) is 39.9 Å². The quantitative estimate of drug-likeness (QED) is 0.192. The van der Waals surface area contributed by atoms with Gasteiger partial charge in [-0.25, -0.2) is 0 Å². The lowest BCUT2D eigenvalue weighted by atomic mass is 10.00. The Kier molecular flexibility index (Phi) is 9.31. The Labute approximate surface area is 232 Å². The number of amides is 2. The minimum Gasteiger partial charge on any atom is -0.361 e. The normalized spacial score (nSPS) is 20.3. The number of likely N-dealkylation sites (tertiary alicyclic amines) is 1. The molecule has 0 saturated carbocycles. The predicted molar refractivity (Wildman–Crippen MR) is 153 cm³/mol. The van der Waals surface area contributed by atoms with E-state index in [1.807, 2.05) is 41.3 Å². The molecule has 1 saturated heterocycles. The number of nitrogens with zero attached hydrogens (tertiary/aromatic N) is 6. The molecular weight excluding hydrogens is 512 g/mol. The van der Waals surface area contributed by atoms with Gasteiger partial charge in [0.1, 0.15) is 18.2 Å². The number of carbonyl (C=O) groups excluding carboxylic acids is 2. The van der Waals surface area contributed by atoms with Gasteiger partial charge in [-0.3, -0.25) is 9.59 Å². The van der Waals surface area contributed by atoms with Crippen molar-refractivity contribution in [2.45, 2.75) is 51.4 Å². The number of hydrogen-bond donors (Lipinski definition) is 2. The smallest absolute Gasteiger partial charge is 0.254 e. The number of fused-ring (bicyclic) bond motifs is 1. The molecule has 0 aromatic heterocycles. The molecule has 0 spiro atoms. The second-order valence-corrected chi connectivity index (χ2v) is 9.99. The average Bonchev–Trinajstić information content (AvgIpc) is 3.31. The highest BCUT2D eigenvalue weighted by atomic mass is 16.3. The summed E-state index contributed by atoms with van der Waals surface area (Å²) in [6.07, 6.45) is 3.50. The minimum absolute atomic E-state index is 0.0107. The van der Waals surface area contributed by atoms with Crippen LogP contribution in [0.4, 0.5) is 5.69 Å². The van der Waals surface area contributed by atoms with Crippen LogP contribution in [-0.4, -0.2) is 66.0 Å². The molecule has 2 aliphatic heterocycles. The Bertz CT molecular complexity index is 1290. The number of carbonyl (C=O) groups is 2. The molecule has 0 radical (unpaired) electrons. The third kappa shape index (κ3) is 6.22. The molecule has 40 heavy (non-hydrogen) atoms.